The maximum atomic E-state index is 12.6. The second-order valence-corrected chi connectivity index (χ2v) is 6.77. The first-order valence-corrected chi connectivity index (χ1v) is 9.23. The van der Waals surface area contributed by atoms with E-state index in [1.54, 1.807) is 32.3 Å². The van der Waals surface area contributed by atoms with Gasteiger partial charge in [-0.1, -0.05) is 37.5 Å². The minimum absolute atomic E-state index is 0.0745. The van der Waals surface area contributed by atoms with Gasteiger partial charge in [-0.05, 0) is 18.9 Å². The van der Waals surface area contributed by atoms with E-state index < -0.39 is 6.61 Å². The van der Waals surface area contributed by atoms with Crippen LogP contribution < -0.4 is 15.4 Å². The quantitative estimate of drug-likeness (QED) is 0.562. The Morgan fingerprint density at radius 3 is 2.63 bits per heavy atom. The Hall–Kier alpha value is -2.38. The van der Waals surface area contributed by atoms with E-state index in [0.717, 1.165) is 25.7 Å². The lowest BCUT2D eigenvalue weighted by molar-refractivity contribution is -0.127. The Balaban J connectivity index is 2.07. The van der Waals surface area contributed by atoms with E-state index in [4.69, 9.17) is 0 Å². The largest absolute Gasteiger partial charge is 0.434 e. The number of guanidine groups is 1. The summed E-state index contributed by atoms with van der Waals surface area (Å²) in [6.07, 6.45) is 5.65. The van der Waals surface area contributed by atoms with Crippen molar-refractivity contribution in [2.45, 2.75) is 51.3 Å². The SMILES string of the molecule is CN(C)C(=O)CNC(=NCc1ccccc1OC(F)F)NC1CCCCC1. The van der Waals surface area contributed by atoms with E-state index in [1.165, 1.54) is 17.4 Å². The highest BCUT2D eigenvalue weighted by atomic mass is 19.3. The second kappa shape index (κ2) is 10.7. The highest BCUT2D eigenvalue weighted by Gasteiger charge is 2.16. The van der Waals surface area contributed by atoms with Crippen molar-refractivity contribution < 1.29 is 18.3 Å². The first-order valence-electron chi connectivity index (χ1n) is 9.23. The normalized spacial score (nSPS) is 15.5. The minimum Gasteiger partial charge on any atom is -0.434 e. The van der Waals surface area contributed by atoms with Gasteiger partial charge in [0, 0.05) is 25.7 Å². The number of ether oxygens (including phenoxy) is 1. The smallest absolute Gasteiger partial charge is 0.387 e. The zero-order valence-corrected chi connectivity index (χ0v) is 15.9. The lowest BCUT2D eigenvalue weighted by atomic mass is 9.96. The number of benzene rings is 1. The van der Waals surface area contributed by atoms with E-state index >= 15 is 0 Å². The molecule has 0 spiro atoms. The van der Waals surface area contributed by atoms with Crippen molar-refractivity contribution in [2.24, 2.45) is 4.99 Å². The van der Waals surface area contributed by atoms with E-state index in [0.29, 0.717) is 17.6 Å². The topological polar surface area (TPSA) is 66.0 Å². The summed E-state index contributed by atoms with van der Waals surface area (Å²) in [6.45, 7) is -2.60. The number of carbonyl (C=O) groups is 1. The van der Waals surface area contributed by atoms with Crippen LogP contribution in [0.3, 0.4) is 0 Å². The summed E-state index contributed by atoms with van der Waals surface area (Å²) in [5, 5.41) is 6.40. The molecule has 0 aromatic heterocycles. The average Bonchev–Trinajstić information content (AvgIpc) is 2.65. The number of nitrogens with zero attached hydrogens (tertiary/aromatic N) is 2. The molecule has 0 saturated heterocycles. The van der Waals surface area contributed by atoms with E-state index in [-0.39, 0.29) is 24.7 Å². The van der Waals surface area contributed by atoms with Gasteiger partial charge in [-0.3, -0.25) is 4.79 Å². The average molecular weight is 382 g/mol. The van der Waals surface area contributed by atoms with Crippen molar-refractivity contribution in [3.63, 3.8) is 0 Å². The molecular formula is C19H28F2N4O2. The van der Waals surface area contributed by atoms with Crippen molar-refractivity contribution in [1.82, 2.24) is 15.5 Å². The Kier molecular flexibility index (Phi) is 8.29. The van der Waals surface area contributed by atoms with Crippen LogP contribution in [0, 0.1) is 0 Å². The summed E-state index contributed by atoms with van der Waals surface area (Å²) < 4.78 is 29.7. The van der Waals surface area contributed by atoms with Crippen LogP contribution in [0.25, 0.3) is 0 Å². The van der Waals surface area contributed by atoms with Gasteiger partial charge in [0.25, 0.3) is 0 Å². The predicted molar refractivity (Wildman–Crippen MR) is 101 cm³/mol. The fraction of sp³-hybridized carbons (Fsp3) is 0.579. The molecule has 150 valence electrons. The lowest BCUT2D eigenvalue weighted by Crippen LogP contribution is -2.47. The molecule has 1 aromatic carbocycles. The molecule has 0 radical (unpaired) electrons. The van der Waals surface area contributed by atoms with E-state index in [9.17, 15) is 13.6 Å². The maximum Gasteiger partial charge on any atom is 0.387 e. The third-order valence-electron chi connectivity index (χ3n) is 4.45. The van der Waals surface area contributed by atoms with Gasteiger partial charge in [0.1, 0.15) is 5.75 Å². The van der Waals surface area contributed by atoms with E-state index in [2.05, 4.69) is 20.4 Å². The molecule has 2 N–H and O–H groups in total. The second-order valence-electron chi connectivity index (χ2n) is 6.77. The number of aliphatic imine (C=N–C) groups is 1. The van der Waals surface area contributed by atoms with Crippen LogP contribution in [0.5, 0.6) is 5.75 Å². The summed E-state index contributed by atoms with van der Waals surface area (Å²) in [4.78, 5) is 17.8. The highest BCUT2D eigenvalue weighted by Crippen LogP contribution is 2.21. The predicted octanol–water partition coefficient (Wildman–Crippen LogP) is 2.74. The van der Waals surface area contributed by atoms with Crippen molar-refractivity contribution in [1.29, 1.82) is 0 Å². The van der Waals surface area contributed by atoms with Crippen molar-refractivity contribution >= 4 is 11.9 Å². The molecule has 1 saturated carbocycles. The number of hydrogen-bond donors (Lipinski definition) is 2. The summed E-state index contributed by atoms with van der Waals surface area (Å²) in [7, 11) is 3.38. The fourth-order valence-electron chi connectivity index (χ4n) is 2.92. The first kappa shape index (κ1) is 20.9. The van der Waals surface area contributed by atoms with Gasteiger partial charge >= 0.3 is 6.61 Å². The van der Waals surface area contributed by atoms with Crippen LogP contribution in [-0.2, 0) is 11.3 Å². The molecule has 2 rings (SSSR count). The number of rotatable bonds is 7. The van der Waals surface area contributed by atoms with Crippen LogP contribution in [0.1, 0.15) is 37.7 Å². The fourth-order valence-corrected chi connectivity index (χ4v) is 2.92. The molecule has 0 unspecified atom stereocenters. The molecular weight excluding hydrogens is 354 g/mol. The van der Waals surface area contributed by atoms with Gasteiger partial charge in [-0.15, -0.1) is 0 Å². The molecule has 0 aliphatic heterocycles. The third-order valence-corrected chi connectivity index (χ3v) is 4.45. The number of likely N-dealkylation sites (N-methyl/N-ethyl adjacent to an activating group) is 1. The summed E-state index contributed by atoms with van der Waals surface area (Å²) >= 11 is 0. The molecule has 1 aliphatic carbocycles. The molecule has 8 heteroatoms. The zero-order chi connectivity index (χ0) is 19.6. The number of carbonyl (C=O) groups excluding carboxylic acids is 1. The minimum atomic E-state index is -2.88. The van der Waals surface area contributed by atoms with Gasteiger partial charge in [-0.2, -0.15) is 8.78 Å². The van der Waals surface area contributed by atoms with Crippen molar-refractivity contribution in [3.05, 3.63) is 29.8 Å². The van der Waals surface area contributed by atoms with Gasteiger partial charge in [0.2, 0.25) is 5.91 Å². The Labute approximate surface area is 159 Å². The van der Waals surface area contributed by atoms with Gasteiger partial charge in [-0.25, -0.2) is 4.99 Å². The molecule has 1 fully saturated rings. The van der Waals surface area contributed by atoms with Crippen molar-refractivity contribution in [2.75, 3.05) is 20.6 Å². The Morgan fingerprint density at radius 2 is 1.96 bits per heavy atom. The summed E-state index contributed by atoms with van der Waals surface area (Å²) in [5.41, 5.74) is 0.557. The molecule has 6 nitrogen and oxygen atoms in total. The summed E-state index contributed by atoms with van der Waals surface area (Å²) in [6, 6.07) is 6.88. The Morgan fingerprint density at radius 1 is 1.26 bits per heavy atom. The number of hydrogen-bond acceptors (Lipinski definition) is 3. The van der Waals surface area contributed by atoms with Gasteiger partial charge in [0.15, 0.2) is 5.96 Å². The molecule has 1 aliphatic rings. The van der Waals surface area contributed by atoms with E-state index in [1.807, 2.05) is 0 Å². The molecule has 0 bridgehead atoms. The molecule has 1 aromatic rings. The monoisotopic (exact) mass is 382 g/mol. The van der Waals surface area contributed by atoms with Gasteiger partial charge in [0.05, 0.1) is 13.1 Å². The molecule has 27 heavy (non-hydrogen) atoms. The van der Waals surface area contributed by atoms with Crippen LogP contribution in [0.2, 0.25) is 0 Å². The first-order chi connectivity index (χ1) is 13.0. The lowest BCUT2D eigenvalue weighted by Gasteiger charge is -2.25. The number of nitrogens with one attached hydrogen (secondary N) is 2. The number of para-hydroxylation sites is 1. The molecule has 1 amide bonds. The summed E-state index contributed by atoms with van der Waals surface area (Å²) in [5.74, 6) is 0.538. The van der Waals surface area contributed by atoms with Crippen LogP contribution in [0.15, 0.2) is 29.3 Å². The number of amides is 1. The Bertz CT molecular complexity index is 632. The maximum absolute atomic E-state index is 12.6. The number of halogens is 2. The van der Waals surface area contributed by atoms with Crippen molar-refractivity contribution in [3.8, 4) is 5.75 Å². The van der Waals surface area contributed by atoms with Gasteiger partial charge < -0.3 is 20.3 Å². The highest BCUT2D eigenvalue weighted by molar-refractivity contribution is 5.86. The van der Waals surface area contributed by atoms with Crippen LogP contribution in [-0.4, -0.2) is 50.1 Å². The van der Waals surface area contributed by atoms with Crippen LogP contribution in [0.4, 0.5) is 8.78 Å². The van der Waals surface area contributed by atoms with Crippen LogP contribution >= 0.6 is 0 Å². The number of alkyl halides is 2. The third kappa shape index (κ3) is 7.40. The standard InChI is InChI=1S/C19H28F2N4O2/c1-25(2)17(26)13-23-19(24-15-9-4-3-5-10-15)22-12-14-8-6-7-11-16(14)27-18(20)21/h6-8,11,15,18H,3-5,9-10,12-13H2,1-2H3,(H2,22,23,24). The molecule has 0 atom stereocenters. The zero-order valence-electron chi connectivity index (χ0n) is 15.9. The molecule has 0 heterocycles.